The highest BCUT2D eigenvalue weighted by Gasteiger charge is 2.45. The van der Waals surface area contributed by atoms with E-state index in [9.17, 15) is 9.90 Å². The van der Waals surface area contributed by atoms with E-state index in [0.717, 1.165) is 42.3 Å². The van der Waals surface area contributed by atoms with Crippen LogP contribution in [0.15, 0.2) is 42.5 Å². The Morgan fingerprint density at radius 1 is 1.38 bits per heavy atom. The van der Waals surface area contributed by atoms with Crippen LogP contribution in [0.2, 0.25) is 5.02 Å². The molecule has 1 spiro atoms. The number of nitrogens with one attached hydrogen (secondary N) is 1. The molecule has 2 atom stereocenters. The lowest BCUT2D eigenvalue weighted by Crippen LogP contribution is -2.40. The van der Waals surface area contributed by atoms with Crippen molar-refractivity contribution in [3.63, 3.8) is 0 Å². The molecule has 2 aromatic rings. The largest absolute Gasteiger partial charge is 0.489 e. The van der Waals surface area contributed by atoms with E-state index in [1.54, 1.807) is 12.1 Å². The molecule has 0 aliphatic carbocycles. The number of carbonyl (C=O) groups is 1. The number of aliphatic hydroxyl groups is 1. The first kappa shape index (κ1) is 20.0. The average molecular weight is 417 g/mol. The summed E-state index contributed by atoms with van der Waals surface area (Å²) in [6, 6.07) is 13.0. The van der Waals surface area contributed by atoms with Gasteiger partial charge in [0.2, 0.25) is 5.91 Å². The number of anilines is 1. The smallest absolute Gasteiger partial charge is 0.221 e. The van der Waals surface area contributed by atoms with Gasteiger partial charge in [-0.05, 0) is 35.9 Å². The van der Waals surface area contributed by atoms with Gasteiger partial charge in [0.15, 0.2) is 0 Å². The molecular formula is C22H25ClN2O4. The number of fused-ring (bicyclic) bond motifs is 1. The number of nitrogens with zero attached hydrogens (tertiary/aromatic N) is 1. The summed E-state index contributed by atoms with van der Waals surface area (Å²) in [4.78, 5) is 13.5. The average Bonchev–Trinajstić information content (AvgIpc) is 3.22. The molecule has 0 saturated carbocycles. The molecule has 1 fully saturated rings. The predicted molar refractivity (Wildman–Crippen MR) is 112 cm³/mol. The Morgan fingerprint density at radius 3 is 3.03 bits per heavy atom. The van der Waals surface area contributed by atoms with Gasteiger partial charge in [-0.25, -0.2) is 0 Å². The quantitative estimate of drug-likeness (QED) is 0.757. The van der Waals surface area contributed by atoms with Crippen LogP contribution in [0.5, 0.6) is 11.5 Å². The first-order valence-corrected chi connectivity index (χ1v) is 10.2. The number of amides is 1. The van der Waals surface area contributed by atoms with Crippen molar-refractivity contribution >= 4 is 23.2 Å². The Bertz CT molecular complexity index is 906. The third-order valence-corrected chi connectivity index (χ3v) is 5.59. The van der Waals surface area contributed by atoms with Crippen LogP contribution in [0.3, 0.4) is 0 Å². The van der Waals surface area contributed by atoms with E-state index in [-0.39, 0.29) is 18.1 Å². The van der Waals surface area contributed by atoms with E-state index in [4.69, 9.17) is 21.1 Å². The minimum Gasteiger partial charge on any atom is -0.489 e. The molecule has 0 aromatic heterocycles. The van der Waals surface area contributed by atoms with E-state index in [2.05, 4.69) is 10.2 Å². The van der Waals surface area contributed by atoms with Crippen molar-refractivity contribution in [2.24, 2.45) is 0 Å². The SMILES string of the molecule is CC(=O)Nc1ccccc1OC[C@@H](O)CN1CC[C@]2(Cc3cc(Cl)ccc3O2)C1. The van der Waals surface area contributed by atoms with Crippen LogP contribution >= 0.6 is 11.6 Å². The third-order valence-electron chi connectivity index (χ3n) is 5.35. The zero-order chi connectivity index (χ0) is 20.4. The molecule has 7 heteroatoms. The molecule has 0 radical (unpaired) electrons. The number of hydrogen-bond acceptors (Lipinski definition) is 5. The predicted octanol–water partition coefficient (Wildman–Crippen LogP) is 3.12. The summed E-state index contributed by atoms with van der Waals surface area (Å²) in [6.07, 6.45) is 1.11. The van der Waals surface area contributed by atoms with Crippen LogP contribution in [0.25, 0.3) is 0 Å². The lowest BCUT2D eigenvalue weighted by Gasteiger charge is -2.25. The molecule has 2 heterocycles. The number of β-amino-alcohol motifs (C(OH)–C–C–N with tert-alkyl or cyclic N) is 1. The zero-order valence-corrected chi connectivity index (χ0v) is 17.1. The van der Waals surface area contributed by atoms with Crippen molar-refractivity contribution in [3.05, 3.63) is 53.1 Å². The molecule has 2 aliphatic rings. The molecule has 154 valence electrons. The monoisotopic (exact) mass is 416 g/mol. The van der Waals surface area contributed by atoms with Gasteiger partial charge in [-0.1, -0.05) is 23.7 Å². The first-order chi connectivity index (χ1) is 13.9. The lowest BCUT2D eigenvalue weighted by atomic mass is 9.96. The number of rotatable bonds is 6. The normalized spacial score (nSPS) is 21.6. The number of ether oxygens (including phenoxy) is 2. The molecule has 0 bridgehead atoms. The molecule has 4 rings (SSSR count). The van der Waals surface area contributed by atoms with E-state index in [0.29, 0.717) is 18.0 Å². The van der Waals surface area contributed by atoms with E-state index < -0.39 is 6.10 Å². The first-order valence-electron chi connectivity index (χ1n) is 9.80. The summed E-state index contributed by atoms with van der Waals surface area (Å²) in [5.74, 6) is 1.30. The second kappa shape index (κ2) is 8.22. The fraction of sp³-hybridized carbons (Fsp3) is 0.409. The maximum atomic E-state index is 11.3. The third kappa shape index (κ3) is 4.66. The number of likely N-dealkylation sites (tertiary alicyclic amines) is 1. The van der Waals surface area contributed by atoms with E-state index >= 15 is 0 Å². The van der Waals surface area contributed by atoms with Gasteiger partial charge in [-0.2, -0.15) is 0 Å². The van der Waals surface area contributed by atoms with Gasteiger partial charge in [-0.15, -0.1) is 0 Å². The molecule has 1 amide bonds. The van der Waals surface area contributed by atoms with Gasteiger partial charge in [0, 0.05) is 44.4 Å². The molecular weight excluding hydrogens is 392 g/mol. The number of benzene rings is 2. The molecule has 29 heavy (non-hydrogen) atoms. The minimum absolute atomic E-state index is 0.150. The van der Waals surface area contributed by atoms with Gasteiger partial charge < -0.3 is 19.9 Å². The molecule has 2 aliphatic heterocycles. The summed E-state index contributed by atoms with van der Waals surface area (Å²) in [7, 11) is 0. The molecule has 6 nitrogen and oxygen atoms in total. The van der Waals surface area contributed by atoms with Crippen LogP contribution < -0.4 is 14.8 Å². The standard InChI is InChI=1S/C22H25ClN2O4/c1-15(26)24-19-4-2-3-5-21(19)28-13-18(27)12-25-9-8-22(14-25)11-16-10-17(23)6-7-20(16)29-22/h2-7,10,18,27H,8-9,11-14H2,1H3,(H,24,26)/t18-,22-/m0/s1. The van der Waals surface area contributed by atoms with Gasteiger partial charge >= 0.3 is 0 Å². The number of carbonyl (C=O) groups excluding carboxylic acids is 1. The van der Waals surface area contributed by atoms with Crippen LogP contribution in [-0.2, 0) is 11.2 Å². The highest BCUT2D eigenvalue weighted by Crippen LogP contribution is 2.41. The minimum atomic E-state index is -0.645. The molecule has 1 saturated heterocycles. The second-order valence-electron chi connectivity index (χ2n) is 7.84. The Hall–Kier alpha value is -2.28. The fourth-order valence-electron chi connectivity index (χ4n) is 4.14. The summed E-state index contributed by atoms with van der Waals surface area (Å²) in [5, 5.41) is 13.9. The summed E-state index contributed by atoms with van der Waals surface area (Å²) in [6.45, 7) is 3.73. The fourth-order valence-corrected chi connectivity index (χ4v) is 4.33. The van der Waals surface area contributed by atoms with Crippen LogP contribution in [0.4, 0.5) is 5.69 Å². The van der Waals surface area contributed by atoms with Crippen molar-refractivity contribution in [2.45, 2.75) is 31.5 Å². The number of hydrogen-bond donors (Lipinski definition) is 2. The lowest BCUT2D eigenvalue weighted by molar-refractivity contribution is -0.114. The molecule has 0 unspecified atom stereocenters. The van der Waals surface area contributed by atoms with Gasteiger partial charge in [0.05, 0.1) is 5.69 Å². The van der Waals surface area contributed by atoms with Gasteiger partial charge in [0.25, 0.3) is 0 Å². The van der Waals surface area contributed by atoms with Crippen LogP contribution in [0.1, 0.15) is 18.9 Å². The Morgan fingerprint density at radius 2 is 2.21 bits per heavy atom. The Labute approximate surface area is 175 Å². The zero-order valence-electron chi connectivity index (χ0n) is 16.4. The highest BCUT2D eigenvalue weighted by atomic mass is 35.5. The Kier molecular flexibility index (Phi) is 5.67. The Balaban J connectivity index is 1.30. The van der Waals surface area contributed by atoms with Crippen molar-refractivity contribution in [1.29, 1.82) is 0 Å². The van der Waals surface area contributed by atoms with Crippen LogP contribution in [0, 0.1) is 0 Å². The van der Waals surface area contributed by atoms with Crippen molar-refractivity contribution in [3.8, 4) is 11.5 Å². The number of aliphatic hydroxyl groups excluding tert-OH is 1. The van der Waals surface area contributed by atoms with Crippen LogP contribution in [-0.4, -0.2) is 53.9 Å². The van der Waals surface area contributed by atoms with E-state index in [1.807, 2.05) is 30.3 Å². The van der Waals surface area contributed by atoms with Crippen molar-refractivity contribution < 1.29 is 19.4 Å². The number of para-hydroxylation sites is 2. The van der Waals surface area contributed by atoms with Gasteiger partial charge in [-0.3, -0.25) is 9.69 Å². The van der Waals surface area contributed by atoms with Crippen molar-refractivity contribution in [1.82, 2.24) is 4.90 Å². The molecule has 2 N–H and O–H groups in total. The topological polar surface area (TPSA) is 71.0 Å². The summed E-state index contributed by atoms with van der Waals surface area (Å²) in [5.41, 5.74) is 1.52. The van der Waals surface area contributed by atoms with Gasteiger partial charge in [0.1, 0.15) is 29.8 Å². The molecule has 2 aromatic carbocycles. The number of halogens is 1. The van der Waals surface area contributed by atoms with E-state index in [1.165, 1.54) is 6.92 Å². The maximum absolute atomic E-state index is 11.3. The maximum Gasteiger partial charge on any atom is 0.221 e. The summed E-state index contributed by atoms with van der Waals surface area (Å²) >= 11 is 6.10. The highest BCUT2D eigenvalue weighted by molar-refractivity contribution is 6.30. The second-order valence-corrected chi connectivity index (χ2v) is 8.28. The summed E-state index contributed by atoms with van der Waals surface area (Å²) < 4.78 is 12.0. The van der Waals surface area contributed by atoms with Crippen molar-refractivity contribution in [2.75, 3.05) is 31.6 Å².